The van der Waals surface area contributed by atoms with Crippen molar-refractivity contribution in [3.8, 4) is 22.1 Å². The third-order valence-corrected chi connectivity index (χ3v) is 6.51. The lowest BCUT2D eigenvalue weighted by Crippen LogP contribution is -2.39. The van der Waals surface area contributed by atoms with Gasteiger partial charge in [0.25, 0.3) is 5.91 Å². The van der Waals surface area contributed by atoms with Gasteiger partial charge in [0, 0.05) is 30.1 Å². The molecule has 0 saturated carbocycles. The molecule has 3 aromatic rings. The molecule has 168 valence electrons. The summed E-state index contributed by atoms with van der Waals surface area (Å²) in [6.07, 6.45) is 1.80. The molecular formula is C24H26FN3O3S. The van der Waals surface area contributed by atoms with Crippen LogP contribution >= 0.6 is 11.3 Å². The number of aromatic nitrogens is 2. The molecule has 6 nitrogen and oxygen atoms in total. The second kappa shape index (κ2) is 10.1. The van der Waals surface area contributed by atoms with Crippen LogP contribution in [0.5, 0.6) is 11.5 Å². The third kappa shape index (κ3) is 4.75. The fourth-order valence-electron chi connectivity index (χ4n) is 3.87. The van der Waals surface area contributed by atoms with Crippen LogP contribution in [0.3, 0.4) is 0 Å². The van der Waals surface area contributed by atoms with E-state index in [1.807, 2.05) is 18.7 Å². The van der Waals surface area contributed by atoms with Gasteiger partial charge in [-0.2, -0.15) is 0 Å². The highest BCUT2D eigenvalue weighted by atomic mass is 32.1. The minimum Gasteiger partial charge on any atom is -0.490 e. The van der Waals surface area contributed by atoms with Gasteiger partial charge in [-0.15, -0.1) is 10.2 Å². The van der Waals surface area contributed by atoms with E-state index in [-0.39, 0.29) is 17.6 Å². The van der Waals surface area contributed by atoms with Crippen LogP contribution in [0.25, 0.3) is 10.6 Å². The summed E-state index contributed by atoms with van der Waals surface area (Å²) in [6.45, 7) is 6.07. The van der Waals surface area contributed by atoms with E-state index in [4.69, 9.17) is 9.47 Å². The van der Waals surface area contributed by atoms with E-state index in [2.05, 4.69) is 10.2 Å². The number of rotatable bonds is 7. The number of carbonyl (C=O) groups excluding carboxylic acids is 1. The van der Waals surface area contributed by atoms with Gasteiger partial charge in [0.2, 0.25) is 0 Å². The molecule has 1 unspecified atom stereocenters. The molecule has 1 atom stereocenters. The number of piperidine rings is 1. The molecule has 1 aliphatic heterocycles. The standard InChI is InChI=1S/C24H26FN3O3S/c1-3-30-20-12-11-16(14-21(20)31-4-2)24(29)28-13-7-8-17(15-28)22-26-27-23(32-22)18-9-5-6-10-19(18)25/h5-6,9-12,14,17H,3-4,7-8,13,15H2,1-2H3. The van der Waals surface area contributed by atoms with Crippen LogP contribution in [-0.2, 0) is 0 Å². The highest BCUT2D eigenvalue weighted by Gasteiger charge is 2.28. The van der Waals surface area contributed by atoms with Crippen LogP contribution in [0.4, 0.5) is 4.39 Å². The van der Waals surface area contributed by atoms with Gasteiger partial charge in [-0.05, 0) is 57.0 Å². The molecule has 0 aliphatic carbocycles. The SMILES string of the molecule is CCOc1ccc(C(=O)N2CCCC(c3nnc(-c4ccccc4F)s3)C2)cc1OCC. The Kier molecular flexibility index (Phi) is 6.99. The van der Waals surface area contributed by atoms with Crippen LogP contribution in [0.1, 0.15) is 48.0 Å². The van der Waals surface area contributed by atoms with Crippen molar-refractivity contribution in [2.75, 3.05) is 26.3 Å². The number of hydrogen-bond acceptors (Lipinski definition) is 6. The smallest absolute Gasteiger partial charge is 0.254 e. The van der Waals surface area contributed by atoms with Crippen LogP contribution in [0, 0.1) is 5.82 Å². The van der Waals surface area contributed by atoms with Crippen molar-refractivity contribution in [2.24, 2.45) is 0 Å². The predicted molar refractivity (Wildman–Crippen MR) is 122 cm³/mol. The van der Waals surface area contributed by atoms with E-state index < -0.39 is 0 Å². The maximum atomic E-state index is 14.1. The van der Waals surface area contributed by atoms with Gasteiger partial charge >= 0.3 is 0 Å². The molecule has 1 fully saturated rings. The summed E-state index contributed by atoms with van der Waals surface area (Å²) in [5.74, 6) is 0.943. The summed E-state index contributed by atoms with van der Waals surface area (Å²) in [6, 6.07) is 11.9. The number of benzene rings is 2. The molecule has 1 aliphatic rings. The molecule has 32 heavy (non-hydrogen) atoms. The van der Waals surface area contributed by atoms with E-state index in [0.717, 1.165) is 17.8 Å². The van der Waals surface area contributed by atoms with Crippen LogP contribution in [0.15, 0.2) is 42.5 Å². The topological polar surface area (TPSA) is 64.5 Å². The fraction of sp³-hybridized carbons (Fsp3) is 0.375. The lowest BCUT2D eigenvalue weighted by atomic mass is 9.98. The quantitative estimate of drug-likeness (QED) is 0.492. The van der Waals surface area contributed by atoms with E-state index in [0.29, 0.717) is 53.9 Å². The van der Waals surface area contributed by atoms with Crippen LogP contribution in [-0.4, -0.2) is 47.3 Å². The van der Waals surface area contributed by atoms with Crippen molar-refractivity contribution in [3.63, 3.8) is 0 Å². The summed E-state index contributed by atoms with van der Waals surface area (Å²) >= 11 is 1.40. The maximum Gasteiger partial charge on any atom is 0.254 e. The largest absolute Gasteiger partial charge is 0.490 e. The fourth-order valence-corrected chi connectivity index (χ4v) is 4.87. The number of halogens is 1. The number of nitrogens with zero attached hydrogens (tertiary/aromatic N) is 3. The van der Waals surface area contributed by atoms with E-state index >= 15 is 0 Å². The molecular weight excluding hydrogens is 429 g/mol. The average Bonchev–Trinajstić information content (AvgIpc) is 3.30. The zero-order valence-electron chi connectivity index (χ0n) is 18.2. The van der Waals surface area contributed by atoms with Crippen molar-refractivity contribution >= 4 is 17.2 Å². The summed E-state index contributed by atoms with van der Waals surface area (Å²) in [5, 5.41) is 9.93. The van der Waals surface area contributed by atoms with Crippen molar-refractivity contribution in [2.45, 2.75) is 32.6 Å². The van der Waals surface area contributed by atoms with Gasteiger partial charge in [0.15, 0.2) is 16.5 Å². The molecule has 0 radical (unpaired) electrons. The molecule has 2 heterocycles. The minimum atomic E-state index is -0.309. The second-order valence-corrected chi connectivity index (χ2v) is 8.55. The van der Waals surface area contributed by atoms with E-state index in [1.54, 1.807) is 36.4 Å². The Bertz CT molecular complexity index is 1090. The Morgan fingerprint density at radius 2 is 1.91 bits per heavy atom. The molecule has 0 spiro atoms. The lowest BCUT2D eigenvalue weighted by molar-refractivity contribution is 0.0706. The van der Waals surface area contributed by atoms with Gasteiger partial charge in [-0.3, -0.25) is 4.79 Å². The summed E-state index contributed by atoms with van der Waals surface area (Å²) < 4.78 is 25.4. The summed E-state index contributed by atoms with van der Waals surface area (Å²) in [7, 11) is 0. The van der Waals surface area contributed by atoms with Crippen molar-refractivity contribution in [3.05, 3.63) is 58.9 Å². The van der Waals surface area contributed by atoms with Crippen LogP contribution in [0.2, 0.25) is 0 Å². The Morgan fingerprint density at radius 3 is 2.69 bits per heavy atom. The van der Waals surface area contributed by atoms with Gasteiger partial charge < -0.3 is 14.4 Å². The minimum absolute atomic E-state index is 0.0439. The zero-order valence-corrected chi connectivity index (χ0v) is 19.0. The van der Waals surface area contributed by atoms with Gasteiger partial charge in [0.05, 0.1) is 13.2 Å². The van der Waals surface area contributed by atoms with Crippen molar-refractivity contribution in [1.82, 2.24) is 15.1 Å². The highest BCUT2D eigenvalue weighted by molar-refractivity contribution is 7.14. The van der Waals surface area contributed by atoms with Crippen LogP contribution < -0.4 is 9.47 Å². The molecule has 0 N–H and O–H groups in total. The molecule has 4 rings (SSSR count). The Labute approximate surface area is 191 Å². The summed E-state index contributed by atoms with van der Waals surface area (Å²) in [4.78, 5) is 15.1. The van der Waals surface area contributed by atoms with Gasteiger partial charge in [-0.25, -0.2) is 4.39 Å². The number of carbonyl (C=O) groups is 1. The van der Waals surface area contributed by atoms with Gasteiger partial charge in [0.1, 0.15) is 10.8 Å². The zero-order chi connectivity index (χ0) is 22.5. The first-order valence-electron chi connectivity index (χ1n) is 10.9. The third-order valence-electron chi connectivity index (χ3n) is 5.39. The Hall–Kier alpha value is -3.00. The molecule has 1 aromatic heterocycles. The van der Waals surface area contributed by atoms with Crippen molar-refractivity contribution in [1.29, 1.82) is 0 Å². The number of likely N-dealkylation sites (tertiary alicyclic amines) is 1. The second-order valence-electron chi connectivity index (χ2n) is 7.54. The summed E-state index contributed by atoms with van der Waals surface area (Å²) in [5.41, 5.74) is 1.03. The molecule has 0 bridgehead atoms. The Balaban J connectivity index is 1.50. The Morgan fingerprint density at radius 1 is 1.12 bits per heavy atom. The molecule has 1 saturated heterocycles. The van der Waals surface area contributed by atoms with E-state index in [1.165, 1.54) is 17.4 Å². The number of amides is 1. The van der Waals surface area contributed by atoms with Crippen molar-refractivity contribution < 1.29 is 18.7 Å². The molecule has 1 amide bonds. The molecule has 8 heteroatoms. The number of ether oxygens (including phenoxy) is 2. The highest BCUT2D eigenvalue weighted by Crippen LogP contribution is 2.34. The first-order chi connectivity index (χ1) is 15.6. The normalized spacial score (nSPS) is 16.1. The lowest BCUT2D eigenvalue weighted by Gasteiger charge is -2.31. The average molecular weight is 456 g/mol. The first-order valence-corrected chi connectivity index (χ1v) is 11.7. The predicted octanol–water partition coefficient (Wildman–Crippen LogP) is 5.16. The van der Waals surface area contributed by atoms with E-state index in [9.17, 15) is 9.18 Å². The molecule has 2 aromatic carbocycles. The maximum absolute atomic E-state index is 14.1. The number of hydrogen-bond donors (Lipinski definition) is 0. The van der Waals surface area contributed by atoms with Gasteiger partial charge in [-0.1, -0.05) is 23.5 Å². The monoisotopic (exact) mass is 455 g/mol. The first kappa shape index (κ1) is 22.2.